The van der Waals surface area contributed by atoms with Gasteiger partial charge in [0, 0.05) is 0 Å². The van der Waals surface area contributed by atoms with Crippen molar-refractivity contribution in [2.24, 2.45) is 0 Å². The molecule has 0 fully saturated rings. The zero-order valence-electron chi connectivity index (χ0n) is 65.2. The van der Waals surface area contributed by atoms with E-state index in [1.165, 1.54) is 36.4 Å². The molecular formula is C93H114F9O4S3Sb. The zero-order chi connectivity index (χ0) is 78.7. The van der Waals surface area contributed by atoms with E-state index >= 15 is 42.5 Å². The van der Waals surface area contributed by atoms with E-state index in [0.29, 0.717) is 38.5 Å². The first kappa shape index (κ1) is 87.9. The van der Waals surface area contributed by atoms with Crippen LogP contribution >= 0.6 is 30.9 Å². The number of rotatable bonds is 45. The van der Waals surface area contributed by atoms with Crippen LogP contribution in [0.25, 0.3) is 0 Å². The standard InChI is InChI=1S/3C31H39F3OS.O.Sb/c3*1-3-5-7-9-12-25-16-20-28(21-17-25)36(35,30-15-11-14-27(24-30)31(32,33)34)29-22-18-26(19-23-29)13-10-8-6-4-2;;/h3*11,14-24,35H,3-10,12-13H2,1-2H3;;/q;;;;+3/p-3. The van der Waals surface area contributed by atoms with E-state index in [1.54, 1.807) is 72.8 Å². The third-order valence-corrected chi connectivity index (χ3v) is 40.6. The summed E-state index contributed by atoms with van der Waals surface area (Å²) < 4.78 is 188. The molecule has 0 radical (unpaired) electrons. The molecule has 9 aromatic carbocycles. The van der Waals surface area contributed by atoms with Crippen LogP contribution in [0.15, 0.2) is 262 Å². The van der Waals surface area contributed by atoms with E-state index < -0.39 is 86.2 Å². The molecule has 0 atom stereocenters. The van der Waals surface area contributed by atoms with Crippen LogP contribution < -0.4 is 0 Å². The SMILES string of the molecule is CCCCCCc1ccc(S([O][Sb](=[O])([O]S(c2ccc(CCCCCC)cc2)(c2ccc(CCCCCC)cc2)c2cccc(C(F)(F)F)c2)[O]S(c2ccc(CCCCCC)cc2)(c2ccc(CCCCCC)cc2)c2cccc(C(F)(F)F)c2)(c2ccc(CCCCCC)cc2)c2cccc(C(F)(F)F)c2)cc1. The molecule has 0 aliphatic carbocycles. The van der Waals surface area contributed by atoms with Gasteiger partial charge in [-0.1, -0.05) is 0 Å². The number of benzene rings is 9. The summed E-state index contributed by atoms with van der Waals surface area (Å²) in [5.41, 5.74) is 2.34. The molecule has 0 aromatic heterocycles. The minimum absolute atomic E-state index is 0.0702. The van der Waals surface area contributed by atoms with Gasteiger partial charge in [-0.3, -0.25) is 0 Å². The van der Waals surface area contributed by atoms with Crippen LogP contribution in [0.5, 0.6) is 0 Å². The third-order valence-electron chi connectivity index (χ3n) is 20.5. The predicted molar refractivity (Wildman–Crippen MR) is 437 cm³/mol. The Morgan fingerprint density at radius 1 is 0.236 bits per heavy atom. The third kappa shape index (κ3) is 23.5. The summed E-state index contributed by atoms with van der Waals surface area (Å²) in [6.07, 6.45) is 11.9. The van der Waals surface area contributed by atoms with Crippen molar-refractivity contribution in [2.45, 2.75) is 297 Å². The van der Waals surface area contributed by atoms with Crippen LogP contribution in [0.3, 0.4) is 0 Å². The van der Waals surface area contributed by atoms with Crippen molar-refractivity contribution < 1.29 is 49.9 Å². The second-order valence-corrected chi connectivity index (χ2v) is 43.6. The molecule has 596 valence electrons. The monoisotopic (exact) mass is 1680 g/mol. The average Bonchev–Trinajstić information content (AvgIpc) is 0.711. The topological polar surface area (TPSA) is 44.8 Å². The van der Waals surface area contributed by atoms with Crippen molar-refractivity contribution in [3.8, 4) is 0 Å². The number of alkyl halides is 9. The first-order chi connectivity index (χ1) is 53.0. The summed E-state index contributed by atoms with van der Waals surface area (Å²) in [5.74, 6) is 0. The van der Waals surface area contributed by atoms with E-state index in [4.69, 9.17) is 7.38 Å². The van der Waals surface area contributed by atoms with Crippen LogP contribution in [0.2, 0.25) is 0 Å². The molecule has 4 nitrogen and oxygen atoms in total. The van der Waals surface area contributed by atoms with Gasteiger partial charge in [-0.25, -0.2) is 0 Å². The van der Waals surface area contributed by atoms with Gasteiger partial charge in [0.25, 0.3) is 0 Å². The van der Waals surface area contributed by atoms with E-state index in [1.807, 2.05) is 72.8 Å². The predicted octanol–water partition coefficient (Wildman–Crippen LogP) is 31.4. The van der Waals surface area contributed by atoms with Crippen LogP contribution in [0, 0.1) is 0 Å². The van der Waals surface area contributed by atoms with Gasteiger partial charge in [0.15, 0.2) is 0 Å². The first-order valence-electron chi connectivity index (χ1n) is 40.3. The van der Waals surface area contributed by atoms with E-state index in [0.717, 1.165) is 224 Å². The minimum atomic E-state index is -7.92. The van der Waals surface area contributed by atoms with Crippen molar-refractivity contribution in [3.63, 3.8) is 0 Å². The van der Waals surface area contributed by atoms with E-state index in [-0.39, 0.29) is 44.1 Å². The molecule has 0 saturated carbocycles. The average molecular weight is 1680 g/mol. The molecule has 9 aromatic rings. The van der Waals surface area contributed by atoms with Crippen molar-refractivity contribution in [1.82, 2.24) is 0 Å². The van der Waals surface area contributed by atoms with Gasteiger partial charge in [0.1, 0.15) is 0 Å². The van der Waals surface area contributed by atoms with Gasteiger partial charge in [0.2, 0.25) is 0 Å². The van der Waals surface area contributed by atoms with Crippen LogP contribution in [0.1, 0.15) is 246 Å². The normalized spacial score (nSPS) is 13.1. The number of unbranched alkanes of at least 4 members (excludes halogenated alkanes) is 18. The first-order valence-corrected chi connectivity index (χ1v) is 49.1. The molecule has 110 heavy (non-hydrogen) atoms. The molecule has 0 spiro atoms. The van der Waals surface area contributed by atoms with Crippen LogP contribution in [0.4, 0.5) is 39.5 Å². The van der Waals surface area contributed by atoms with Crippen LogP contribution in [-0.2, 0) is 67.5 Å². The van der Waals surface area contributed by atoms with Gasteiger partial charge >= 0.3 is 666 Å². The molecule has 0 saturated heterocycles. The maximum atomic E-state index is 19.7. The summed E-state index contributed by atoms with van der Waals surface area (Å²) in [4.78, 5) is 1.49. The van der Waals surface area contributed by atoms with Crippen molar-refractivity contribution in [2.75, 3.05) is 0 Å². The molecule has 9 rings (SSSR count). The van der Waals surface area contributed by atoms with Gasteiger partial charge in [-0.15, -0.1) is 0 Å². The summed E-state index contributed by atoms with van der Waals surface area (Å²) in [5, 5.41) is 0. The number of hydrogen-bond donors (Lipinski definition) is 0. The Bertz CT molecular complexity index is 3660. The van der Waals surface area contributed by atoms with Gasteiger partial charge in [-0.2, -0.15) is 0 Å². The maximum absolute atomic E-state index is 19.7. The fourth-order valence-electron chi connectivity index (χ4n) is 14.2. The molecule has 0 amide bonds. The second kappa shape index (κ2) is 42.3. The molecular weight excluding hydrogens is 1570 g/mol. The number of halogens is 9. The van der Waals surface area contributed by atoms with Crippen LogP contribution in [-0.4, -0.2) is 20.1 Å². The van der Waals surface area contributed by atoms with E-state index in [2.05, 4.69) is 41.5 Å². The number of aryl methyl sites for hydroxylation is 6. The summed E-state index contributed by atoms with van der Waals surface area (Å²) in [7, 11) is -12.2. The fourth-order valence-corrected chi connectivity index (χ4v) is 39.0. The Morgan fingerprint density at radius 3 is 0.564 bits per heavy atom. The summed E-state index contributed by atoms with van der Waals surface area (Å²) in [6.45, 7) is 12.8. The van der Waals surface area contributed by atoms with Gasteiger partial charge in [0.05, 0.1) is 0 Å². The zero-order valence-corrected chi connectivity index (χ0v) is 70.2. The van der Waals surface area contributed by atoms with E-state index in [9.17, 15) is 0 Å². The Balaban J connectivity index is 1.50. The van der Waals surface area contributed by atoms with Crippen molar-refractivity contribution >= 4 is 51.0 Å². The van der Waals surface area contributed by atoms with Gasteiger partial charge < -0.3 is 0 Å². The molecule has 0 aliphatic rings. The Kier molecular flexibility index (Phi) is 33.8. The quantitative estimate of drug-likeness (QED) is 0.0217. The van der Waals surface area contributed by atoms with Gasteiger partial charge in [-0.05, 0) is 0 Å². The Hall–Kier alpha value is -6.10. The summed E-state index contributed by atoms with van der Waals surface area (Å²) >= 11 is -7.92. The molecule has 0 unspecified atom stereocenters. The fraction of sp³-hybridized carbons (Fsp3) is 0.419. The van der Waals surface area contributed by atoms with Crippen molar-refractivity contribution in [3.05, 3.63) is 268 Å². The molecule has 0 heterocycles. The second-order valence-electron chi connectivity index (χ2n) is 29.1. The Labute approximate surface area is 661 Å². The van der Waals surface area contributed by atoms with Crippen molar-refractivity contribution in [1.29, 1.82) is 0 Å². The number of hydrogen-bond acceptors (Lipinski definition) is 4. The molecule has 0 bridgehead atoms. The molecule has 0 aliphatic heterocycles. The Morgan fingerprint density at radius 2 is 0.409 bits per heavy atom. The molecule has 17 heteroatoms. The summed E-state index contributed by atoms with van der Waals surface area (Å²) in [6, 6.07) is 58.7. The molecule has 0 N–H and O–H groups in total.